The molecule has 0 atom stereocenters. The molecule has 1 aromatic carbocycles. The summed E-state index contributed by atoms with van der Waals surface area (Å²) in [5.74, 6) is -0.167. The quantitative estimate of drug-likeness (QED) is 0.679. The van der Waals surface area contributed by atoms with Crippen molar-refractivity contribution in [3.8, 4) is 0 Å². The first-order valence-corrected chi connectivity index (χ1v) is 11.6. The number of amides is 1. The fraction of sp³-hybridized carbons (Fsp3) is 0.474. The van der Waals surface area contributed by atoms with Crippen LogP contribution in [0, 0.1) is 20.8 Å². The van der Waals surface area contributed by atoms with Gasteiger partial charge in [-0.05, 0) is 54.4 Å². The van der Waals surface area contributed by atoms with E-state index in [-0.39, 0.29) is 17.2 Å². The van der Waals surface area contributed by atoms with Gasteiger partial charge in [0.2, 0.25) is 15.9 Å². The van der Waals surface area contributed by atoms with Gasteiger partial charge in [-0.1, -0.05) is 6.07 Å². The summed E-state index contributed by atoms with van der Waals surface area (Å²) in [6.45, 7) is 7.12. The summed E-state index contributed by atoms with van der Waals surface area (Å²) in [5.41, 5.74) is 2.77. The molecule has 1 aromatic heterocycles. The number of ether oxygens (including phenoxy) is 1. The van der Waals surface area contributed by atoms with Crippen molar-refractivity contribution >= 4 is 37.5 Å². The Morgan fingerprint density at radius 3 is 2.59 bits per heavy atom. The van der Waals surface area contributed by atoms with E-state index in [2.05, 4.69) is 26.3 Å². The predicted octanol–water partition coefficient (Wildman–Crippen LogP) is 2.62. The first kappa shape index (κ1) is 21.9. The van der Waals surface area contributed by atoms with Crippen LogP contribution in [0.25, 0.3) is 0 Å². The maximum atomic E-state index is 13.0. The van der Waals surface area contributed by atoms with Gasteiger partial charge in [0, 0.05) is 24.0 Å². The molecule has 1 saturated heterocycles. The minimum Gasteiger partial charge on any atom is -0.379 e. The van der Waals surface area contributed by atoms with Crippen LogP contribution in [0.5, 0.6) is 0 Å². The SMILES string of the molecule is Cc1ccc(NC(=O)CCn2nc(C)c(S(=O)(=O)N3CCOCC3)c2C)c(Br)c1. The number of halogens is 1. The van der Waals surface area contributed by atoms with Crippen molar-refractivity contribution in [2.24, 2.45) is 0 Å². The summed E-state index contributed by atoms with van der Waals surface area (Å²) in [4.78, 5) is 12.6. The minimum atomic E-state index is -3.64. The number of nitrogens with zero attached hydrogens (tertiary/aromatic N) is 3. The van der Waals surface area contributed by atoms with Gasteiger partial charge >= 0.3 is 0 Å². The summed E-state index contributed by atoms with van der Waals surface area (Å²) < 4.78 is 35.1. The normalized spacial score (nSPS) is 15.4. The van der Waals surface area contributed by atoms with Crippen molar-refractivity contribution in [2.45, 2.75) is 38.6 Å². The highest BCUT2D eigenvalue weighted by Crippen LogP contribution is 2.25. The maximum Gasteiger partial charge on any atom is 0.246 e. The van der Waals surface area contributed by atoms with Gasteiger partial charge in [-0.25, -0.2) is 8.42 Å². The molecule has 158 valence electrons. The molecular formula is C19H25BrN4O4S. The standard InChI is InChI=1S/C19H25BrN4O4S/c1-13-4-5-17(16(20)12-13)21-18(25)6-7-24-15(3)19(14(2)22-24)29(26,27)23-8-10-28-11-9-23/h4-5,12H,6-11H2,1-3H3,(H,21,25). The number of aryl methyl sites for hydroxylation is 3. The summed E-state index contributed by atoms with van der Waals surface area (Å²) in [5, 5.41) is 7.23. The molecule has 2 heterocycles. The molecule has 0 saturated carbocycles. The van der Waals surface area contributed by atoms with Gasteiger partial charge in [-0.3, -0.25) is 9.48 Å². The third-order valence-electron chi connectivity index (χ3n) is 4.83. The molecule has 1 aliphatic heterocycles. The summed E-state index contributed by atoms with van der Waals surface area (Å²) in [7, 11) is -3.64. The zero-order chi connectivity index (χ0) is 21.2. The molecule has 1 amide bonds. The third kappa shape index (κ3) is 4.88. The van der Waals surface area contributed by atoms with E-state index in [4.69, 9.17) is 4.74 Å². The Kier molecular flexibility index (Phi) is 6.77. The van der Waals surface area contributed by atoms with E-state index in [0.717, 1.165) is 10.0 Å². The van der Waals surface area contributed by atoms with E-state index in [9.17, 15) is 13.2 Å². The van der Waals surface area contributed by atoms with Crippen molar-refractivity contribution in [3.05, 3.63) is 39.6 Å². The van der Waals surface area contributed by atoms with Crippen LogP contribution in [-0.2, 0) is 26.1 Å². The van der Waals surface area contributed by atoms with Crippen LogP contribution in [0.4, 0.5) is 5.69 Å². The highest BCUT2D eigenvalue weighted by molar-refractivity contribution is 9.10. The van der Waals surface area contributed by atoms with E-state index in [1.807, 2.05) is 25.1 Å². The summed E-state index contributed by atoms with van der Waals surface area (Å²) in [6.07, 6.45) is 0.180. The lowest BCUT2D eigenvalue weighted by atomic mass is 10.2. The molecule has 2 aromatic rings. The van der Waals surface area contributed by atoms with Crippen LogP contribution in [0.3, 0.4) is 0 Å². The molecule has 8 nitrogen and oxygen atoms in total. The number of benzene rings is 1. The number of carbonyl (C=O) groups excluding carboxylic acids is 1. The van der Waals surface area contributed by atoms with Crippen LogP contribution < -0.4 is 5.32 Å². The average Bonchev–Trinajstić information content (AvgIpc) is 2.97. The Hall–Kier alpha value is -1.75. The molecule has 0 unspecified atom stereocenters. The molecule has 0 spiro atoms. The number of rotatable bonds is 6. The average molecular weight is 485 g/mol. The number of sulfonamides is 1. The molecular weight excluding hydrogens is 460 g/mol. The lowest BCUT2D eigenvalue weighted by Crippen LogP contribution is -2.41. The van der Waals surface area contributed by atoms with Gasteiger partial charge in [0.05, 0.1) is 36.8 Å². The Labute approximate surface area is 179 Å². The van der Waals surface area contributed by atoms with Gasteiger partial charge in [0.1, 0.15) is 4.90 Å². The second-order valence-corrected chi connectivity index (χ2v) is 9.75. The Morgan fingerprint density at radius 1 is 1.24 bits per heavy atom. The van der Waals surface area contributed by atoms with Crippen molar-refractivity contribution in [1.82, 2.24) is 14.1 Å². The molecule has 0 radical (unpaired) electrons. The number of hydrogen-bond acceptors (Lipinski definition) is 5. The second-order valence-electron chi connectivity index (χ2n) is 7.02. The molecule has 3 rings (SSSR count). The fourth-order valence-electron chi connectivity index (χ4n) is 3.33. The number of anilines is 1. The molecule has 1 aliphatic rings. The van der Waals surface area contributed by atoms with Crippen molar-refractivity contribution in [1.29, 1.82) is 0 Å². The fourth-order valence-corrected chi connectivity index (χ4v) is 5.70. The van der Waals surface area contributed by atoms with E-state index in [1.54, 1.807) is 18.5 Å². The monoisotopic (exact) mass is 484 g/mol. The van der Waals surface area contributed by atoms with Crippen LogP contribution in [0.15, 0.2) is 27.6 Å². The van der Waals surface area contributed by atoms with Crippen LogP contribution in [0.2, 0.25) is 0 Å². The van der Waals surface area contributed by atoms with Crippen molar-refractivity contribution in [3.63, 3.8) is 0 Å². The molecule has 0 bridgehead atoms. The van der Waals surface area contributed by atoms with Gasteiger partial charge in [0.25, 0.3) is 0 Å². The Morgan fingerprint density at radius 2 is 1.93 bits per heavy atom. The molecule has 0 aliphatic carbocycles. The van der Waals surface area contributed by atoms with E-state index in [0.29, 0.717) is 49.9 Å². The van der Waals surface area contributed by atoms with Gasteiger partial charge in [-0.15, -0.1) is 0 Å². The van der Waals surface area contributed by atoms with Crippen LogP contribution in [-0.4, -0.2) is 54.7 Å². The van der Waals surface area contributed by atoms with Crippen LogP contribution >= 0.6 is 15.9 Å². The first-order valence-electron chi connectivity index (χ1n) is 9.38. The molecule has 10 heteroatoms. The second kappa shape index (κ2) is 8.95. The van der Waals surface area contributed by atoms with E-state index < -0.39 is 10.0 Å². The summed E-state index contributed by atoms with van der Waals surface area (Å²) >= 11 is 3.44. The van der Waals surface area contributed by atoms with E-state index >= 15 is 0 Å². The highest BCUT2D eigenvalue weighted by atomic mass is 79.9. The topological polar surface area (TPSA) is 93.5 Å². The highest BCUT2D eigenvalue weighted by Gasteiger charge is 2.32. The van der Waals surface area contributed by atoms with Gasteiger partial charge in [0.15, 0.2) is 0 Å². The van der Waals surface area contributed by atoms with Gasteiger partial charge < -0.3 is 10.1 Å². The van der Waals surface area contributed by atoms with Crippen molar-refractivity contribution in [2.75, 3.05) is 31.6 Å². The van der Waals surface area contributed by atoms with E-state index in [1.165, 1.54) is 4.31 Å². The Bertz CT molecular complexity index is 1010. The smallest absolute Gasteiger partial charge is 0.246 e. The summed E-state index contributed by atoms with van der Waals surface area (Å²) in [6, 6.07) is 5.69. The zero-order valence-corrected chi connectivity index (χ0v) is 19.1. The largest absolute Gasteiger partial charge is 0.379 e. The lowest BCUT2D eigenvalue weighted by molar-refractivity contribution is -0.116. The zero-order valence-electron chi connectivity index (χ0n) is 16.7. The first-order chi connectivity index (χ1) is 13.7. The number of hydrogen-bond donors (Lipinski definition) is 1. The Balaban J connectivity index is 1.70. The molecule has 1 fully saturated rings. The number of aromatic nitrogens is 2. The number of morpholine rings is 1. The molecule has 1 N–H and O–H groups in total. The third-order valence-corrected chi connectivity index (χ3v) is 7.64. The van der Waals surface area contributed by atoms with Crippen molar-refractivity contribution < 1.29 is 17.9 Å². The lowest BCUT2D eigenvalue weighted by Gasteiger charge is -2.26. The predicted molar refractivity (Wildman–Crippen MR) is 113 cm³/mol. The maximum absolute atomic E-state index is 13.0. The number of carbonyl (C=O) groups is 1. The minimum absolute atomic E-state index is 0.167. The van der Waals surface area contributed by atoms with Crippen LogP contribution in [0.1, 0.15) is 23.4 Å². The van der Waals surface area contributed by atoms with Gasteiger partial charge in [-0.2, -0.15) is 9.40 Å². The number of nitrogens with one attached hydrogen (secondary N) is 1. The molecule has 29 heavy (non-hydrogen) atoms.